The van der Waals surface area contributed by atoms with Gasteiger partial charge in [-0.05, 0) is 24.6 Å². The summed E-state index contributed by atoms with van der Waals surface area (Å²) in [5.74, 6) is -0.627. The van der Waals surface area contributed by atoms with Crippen molar-refractivity contribution < 1.29 is 14.5 Å². The van der Waals surface area contributed by atoms with Gasteiger partial charge in [0.05, 0.1) is 21.3 Å². The Balaban J connectivity index is 1.74. The largest absolute Gasteiger partial charge is 0.325 e. The zero-order valence-corrected chi connectivity index (χ0v) is 18.4. The summed E-state index contributed by atoms with van der Waals surface area (Å²) in [7, 11) is 0. The Morgan fingerprint density at radius 3 is 2.71 bits per heavy atom. The topological polar surface area (TPSA) is 105 Å². The molecule has 0 spiro atoms. The number of nitrogens with one attached hydrogen (secondary N) is 1. The molecule has 1 heterocycles. The maximum absolute atomic E-state index is 12.9. The Bertz CT molecular complexity index is 1020. The van der Waals surface area contributed by atoms with Crippen LogP contribution < -0.4 is 5.32 Å². The molecular formula is C21H21ClN4O4S. The lowest BCUT2D eigenvalue weighted by atomic mass is 10.2. The van der Waals surface area contributed by atoms with Gasteiger partial charge in [0.2, 0.25) is 11.8 Å². The van der Waals surface area contributed by atoms with E-state index in [4.69, 9.17) is 11.6 Å². The number of nitro groups is 1. The van der Waals surface area contributed by atoms with Crippen molar-refractivity contribution in [1.82, 2.24) is 4.90 Å². The Morgan fingerprint density at radius 2 is 2.03 bits per heavy atom. The molecule has 0 radical (unpaired) electrons. The second kappa shape index (κ2) is 10.4. The molecule has 2 amide bonds. The highest BCUT2D eigenvalue weighted by atomic mass is 35.5. The van der Waals surface area contributed by atoms with Gasteiger partial charge in [0.1, 0.15) is 5.25 Å². The number of thioether (sulfide) groups is 1. The van der Waals surface area contributed by atoms with Crippen LogP contribution in [0.15, 0.2) is 53.5 Å². The number of amides is 2. The molecule has 0 aliphatic carbocycles. The summed E-state index contributed by atoms with van der Waals surface area (Å²) in [6.45, 7) is 2.57. The predicted octanol–water partition coefficient (Wildman–Crippen LogP) is 5.01. The van der Waals surface area contributed by atoms with E-state index in [-0.39, 0.29) is 28.7 Å². The number of unbranched alkanes of at least 4 members (excludes halogenated alkanes) is 1. The first-order valence-corrected chi connectivity index (χ1v) is 11.0. The first kappa shape index (κ1) is 22.8. The fraction of sp³-hybridized carbons (Fsp3) is 0.286. The van der Waals surface area contributed by atoms with E-state index in [1.54, 1.807) is 4.90 Å². The Hall–Kier alpha value is -2.91. The zero-order valence-electron chi connectivity index (χ0n) is 16.8. The van der Waals surface area contributed by atoms with E-state index in [9.17, 15) is 19.7 Å². The normalized spacial score (nSPS) is 17.2. The molecule has 1 aliphatic rings. The van der Waals surface area contributed by atoms with Crippen LogP contribution in [0.4, 0.5) is 17.1 Å². The fourth-order valence-corrected chi connectivity index (χ4v) is 4.30. The van der Waals surface area contributed by atoms with Gasteiger partial charge in [-0.15, -0.1) is 0 Å². The van der Waals surface area contributed by atoms with E-state index in [0.717, 1.165) is 18.5 Å². The number of halogens is 1. The number of hydrogen-bond donors (Lipinski definition) is 1. The van der Waals surface area contributed by atoms with Crippen molar-refractivity contribution >= 4 is 57.4 Å². The molecule has 1 saturated heterocycles. The molecule has 0 aromatic heterocycles. The fourth-order valence-electron chi connectivity index (χ4n) is 2.95. The van der Waals surface area contributed by atoms with Crippen LogP contribution in [0.25, 0.3) is 0 Å². The number of benzene rings is 2. The molecular weight excluding hydrogens is 440 g/mol. The standard InChI is InChI=1S/C21H21ClN4O4S/c1-2-3-11-25-20(28)18(31-21(25)23-14-7-5-4-6-8-14)13-19(27)24-17-12-15(26(29)30)9-10-16(17)22/h4-10,12,18H,2-3,11,13H2,1H3,(H,24,27). The van der Waals surface area contributed by atoms with Crippen LogP contribution in [0.1, 0.15) is 26.2 Å². The van der Waals surface area contributed by atoms with E-state index >= 15 is 0 Å². The van der Waals surface area contributed by atoms with Crippen LogP contribution in [0.3, 0.4) is 0 Å². The van der Waals surface area contributed by atoms with Gasteiger partial charge in [-0.25, -0.2) is 4.99 Å². The molecule has 3 rings (SSSR count). The second-order valence-electron chi connectivity index (χ2n) is 6.85. The summed E-state index contributed by atoms with van der Waals surface area (Å²) in [6, 6.07) is 13.1. The Labute approximate surface area is 188 Å². The minimum Gasteiger partial charge on any atom is -0.325 e. The lowest BCUT2D eigenvalue weighted by molar-refractivity contribution is -0.384. The monoisotopic (exact) mass is 460 g/mol. The zero-order chi connectivity index (χ0) is 22.4. The number of aliphatic imine (C=N–C) groups is 1. The third-order valence-corrected chi connectivity index (χ3v) is 6.05. The second-order valence-corrected chi connectivity index (χ2v) is 8.43. The first-order chi connectivity index (χ1) is 14.9. The van der Waals surface area contributed by atoms with Crippen molar-refractivity contribution in [2.24, 2.45) is 4.99 Å². The van der Waals surface area contributed by atoms with E-state index in [1.165, 1.54) is 30.0 Å². The average molecular weight is 461 g/mol. The van der Waals surface area contributed by atoms with Crippen molar-refractivity contribution in [3.05, 3.63) is 63.7 Å². The van der Waals surface area contributed by atoms with Gasteiger partial charge in [-0.2, -0.15) is 0 Å². The first-order valence-electron chi connectivity index (χ1n) is 9.74. The third-order valence-electron chi connectivity index (χ3n) is 4.54. The van der Waals surface area contributed by atoms with Crippen LogP contribution >= 0.6 is 23.4 Å². The lowest BCUT2D eigenvalue weighted by Crippen LogP contribution is -2.34. The molecule has 1 fully saturated rings. The maximum atomic E-state index is 12.9. The smallest absolute Gasteiger partial charge is 0.271 e. The molecule has 0 bridgehead atoms. The molecule has 1 aliphatic heterocycles. The molecule has 1 atom stereocenters. The van der Waals surface area contributed by atoms with Gasteiger partial charge >= 0.3 is 0 Å². The number of nitrogens with zero attached hydrogens (tertiary/aromatic N) is 3. The van der Waals surface area contributed by atoms with Crippen molar-refractivity contribution in [3.63, 3.8) is 0 Å². The summed E-state index contributed by atoms with van der Waals surface area (Å²) in [5.41, 5.74) is 0.680. The summed E-state index contributed by atoms with van der Waals surface area (Å²) < 4.78 is 0. The number of amidine groups is 1. The Morgan fingerprint density at radius 1 is 1.29 bits per heavy atom. The van der Waals surface area contributed by atoms with Crippen LogP contribution in [-0.2, 0) is 9.59 Å². The molecule has 0 saturated carbocycles. The number of para-hydroxylation sites is 1. The van der Waals surface area contributed by atoms with Gasteiger partial charge in [0.15, 0.2) is 5.17 Å². The number of carbonyl (C=O) groups excluding carboxylic acids is 2. The summed E-state index contributed by atoms with van der Waals surface area (Å²) in [4.78, 5) is 42.1. The highest BCUT2D eigenvalue weighted by molar-refractivity contribution is 8.15. The predicted molar refractivity (Wildman–Crippen MR) is 123 cm³/mol. The quantitative estimate of drug-likeness (QED) is 0.440. The van der Waals surface area contributed by atoms with Crippen molar-refractivity contribution in [3.8, 4) is 0 Å². The lowest BCUT2D eigenvalue weighted by Gasteiger charge is -2.16. The minimum absolute atomic E-state index is 0.0983. The molecule has 2 aromatic carbocycles. The third kappa shape index (κ3) is 5.83. The van der Waals surface area contributed by atoms with Gasteiger partial charge in [0, 0.05) is 25.1 Å². The summed E-state index contributed by atoms with van der Waals surface area (Å²) >= 11 is 7.29. The van der Waals surface area contributed by atoms with Crippen LogP contribution in [0.5, 0.6) is 0 Å². The van der Waals surface area contributed by atoms with Crippen molar-refractivity contribution in [2.45, 2.75) is 31.4 Å². The van der Waals surface area contributed by atoms with E-state index in [1.807, 2.05) is 37.3 Å². The number of anilines is 1. The van der Waals surface area contributed by atoms with Crippen molar-refractivity contribution in [2.75, 3.05) is 11.9 Å². The molecule has 162 valence electrons. The van der Waals surface area contributed by atoms with Crippen molar-refractivity contribution in [1.29, 1.82) is 0 Å². The van der Waals surface area contributed by atoms with E-state index in [2.05, 4.69) is 10.3 Å². The summed E-state index contributed by atoms with van der Waals surface area (Å²) in [6.07, 6.45) is 1.64. The Kier molecular flexibility index (Phi) is 7.64. The molecule has 1 N–H and O–H groups in total. The van der Waals surface area contributed by atoms with Gasteiger partial charge in [-0.1, -0.05) is 54.9 Å². The van der Waals surface area contributed by atoms with Gasteiger partial charge in [-0.3, -0.25) is 24.6 Å². The molecule has 10 heteroatoms. The number of hydrogen-bond acceptors (Lipinski definition) is 6. The highest BCUT2D eigenvalue weighted by Crippen LogP contribution is 2.33. The van der Waals surface area contributed by atoms with Gasteiger partial charge in [0.25, 0.3) is 5.69 Å². The number of carbonyl (C=O) groups is 2. The van der Waals surface area contributed by atoms with Crippen LogP contribution in [0, 0.1) is 10.1 Å². The van der Waals surface area contributed by atoms with E-state index in [0.29, 0.717) is 11.7 Å². The minimum atomic E-state index is -0.628. The SMILES string of the molecule is CCCCN1C(=O)C(CC(=O)Nc2cc([N+](=O)[O-])ccc2Cl)SC1=Nc1ccccc1. The molecule has 31 heavy (non-hydrogen) atoms. The molecule has 1 unspecified atom stereocenters. The van der Waals surface area contributed by atoms with E-state index < -0.39 is 16.1 Å². The number of nitro benzene ring substituents is 1. The molecule has 8 nitrogen and oxygen atoms in total. The van der Waals surface area contributed by atoms with Crippen LogP contribution in [-0.4, -0.2) is 38.6 Å². The summed E-state index contributed by atoms with van der Waals surface area (Å²) in [5, 5.41) is 13.7. The highest BCUT2D eigenvalue weighted by Gasteiger charge is 2.38. The average Bonchev–Trinajstić information content (AvgIpc) is 3.02. The maximum Gasteiger partial charge on any atom is 0.271 e. The molecule has 2 aromatic rings. The van der Waals surface area contributed by atoms with Gasteiger partial charge < -0.3 is 5.32 Å². The number of rotatable bonds is 8. The number of non-ortho nitro benzene ring substituents is 1. The van der Waals surface area contributed by atoms with Crippen LogP contribution in [0.2, 0.25) is 5.02 Å².